The number of aliphatic imine (C=N–C) groups is 1. The first kappa shape index (κ1) is 15.7. The van der Waals surface area contributed by atoms with E-state index in [9.17, 15) is 5.11 Å². The third-order valence-electron chi connectivity index (χ3n) is 2.78. The van der Waals surface area contributed by atoms with Gasteiger partial charge in [-0.2, -0.15) is 0 Å². The second-order valence-corrected chi connectivity index (χ2v) is 5.45. The first-order valence-electron chi connectivity index (χ1n) is 5.99. The molecule has 0 aliphatic rings. The minimum Gasteiger partial charge on any atom is -0.506 e. The van der Waals surface area contributed by atoms with E-state index in [2.05, 4.69) is 20.9 Å². The van der Waals surface area contributed by atoms with Crippen LogP contribution < -0.4 is 9.47 Å². The van der Waals surface area contributed by atoms with Crippen LogP contribution in [0.3, 0.4) is 0 Å². The molecule has 4 nitrogen and oxygen atoms in total. The Morgan fingerprint density at radius 1 is 1.14 bits per heavy atom. The summed E-state index contributed by atoms with van der Waals surface area (Å²) in [6.07, 6.45) is 1.53. The minimum atomic E-state index is -0.0101. The van der Waals surface area contributed by atoms with E-state index in [4.69, 9.17) is 21.1 Å². The van der Waals surface area contributed by atoms with E-state index in [-0.39, 0.29) is 10.8 Å². The van der Waals surface area contributed by atoms with Gasteiger partial charge < -0.3 is 14.6 Å². The minimum absolute atomic E-state index is 0.0101. The van der Waals surface area contributed by atoms with Gasteiger partial charge in [-0.25, -0.2) is 0 Å². The Morgan fingerprint density at radius 2 is 1.86 bits per heavy atom. The molecule has 6 heteroatoms. The second-order valence-electron chi connectivity index (χ2n) is 4.12. The van der Waals surface area contributed by atoms with Gasteiger partial charge in [0.05, 0.1) is 24.9 Å². The van der Waals surface area contributed by atoms with E-state index in [0.717, 1.165) is 4.47 Å². The molecule has 2 rings (SSSR count). The van der Waals surface area contributed by atoms with E-state index in [0.29, 0.717) is 22.7 Å². The molecule has 0 atom stereocenters. The molecule has 1 N–H and O–H groups in total. The molecular formula is C15H13BrClNO3. The molecule has 0 unspecified atom stereocenters. The summed E-state index contributed by atoms with van der Waals surface area (Å²) in [5, 5.41) is 10.2. The zero-order valence-electron chi connectivity index (χ0n) is 11.4. The fourth-order valence-electron chi connectivity index (χ4n) is 1.73. The standard InChI is InChI=1S/C15H13BrClNO3/c1-20-13-4-3-11(7-14(13)21-2)18-8-9-5-10(16)6-12(17)15(9)19/h3-8,19H,1-2H3. The maximum atomic E-state index is 9.89. The maximum absolute atomic E-state index is 9.89. The molecule has 110 valence electrons. The number of hydrogen-bond acceptors (Lipinski definition) is 4. The number of halogens is 2. The predicted molar refractivity (Wildman–Crippen MR) is 87.6 cm³/mol. The van der Waals surface area contributed by atoms with Crippen LogP contribution in [0.2, 0.25) is 5.02 Å². The molecule has 0 saturated carbocycles. The third-order valence-corrected chi connectivity index (χ3v) is 3.52. The number of aromatic hydroxyl groups is 1. The lowest BCUT2D eigenvalue weighted by Crippen LogP contribution is -1.89. The van der Waals surface area contributed by atoms with Gasteiger partial charge in [0, 0.05) is 22.3 Å². The lowest BCUT2D eigenvalue weighted by Gasteiger charge is -2.07. The van der Waals surface area contributed by atoms with Gasteiger partial charge in [0.1, 0.15) is 5.75 Å². The van der Waals surface area contributed by atoms with E-state index in [1.807, 2.05) is 0 Å². The summed E-state index contributed by atoms with van der Waals surface area (Å²) in [6.45, 7) is 0. The number of benzene rings is 2. The van der Waals surface area contributed by atoms with E-state index in [1.54, 1.807) is 44.6 Å². The quantitative estimate of drug-likeness (QED) is 0.802. The molecule has 0 aliphatic carbocycles. The largest absolute Gasteiger partial charge is 0.506 e. The number of phenols is 1. The molecule has 0 bridgehead atoms. The van der Waals surface area contributed by atoms with Crippen molar-refractivity contribution in [3.63, 3.8) is 0 Å². The SMILES string of the molecule is COc1ccc(N=Cc2cc(Br)cc(Cl)c2O)cc1OC. The van der Waals surface area contributed by atoms with Crippen LogP contribution in [0, 0.1) is 0 Å². The number of methoxy groups -OCH3 is 2. The number of nitrogens with zero attached hydrogens (tertiary/aromatic N) is 1. The zero-order valence-corrected chi connectivity index (χ0v) is 13.8. The van der Waals surface area contributed by atoms with Gasteiger partial charge >= 0.3 is 0 Å². The van der Waals surface area contributed by atoms with Crippen molar-refractivity contribution < 1.29 is 14.6 Å². The van der Waals surface area contributed by atoms with Crippen LogP contribution in [0.15, 0.2) is 39.8 Å². The molecule has 0 heterocycles. The van der Waals surface area contributed by atoms with Crippen molar-refractivity contribution >= 4 is 39.4 Å². The average molecular weight is 371 g/mol. The van der Waals surface area contributed by atoms with Gasteiger partial charge in [-0.1, -0.05) is 27.5 Å². The van der Waals surface area contributed by atoms with Crippen LogP contribution in [0.25, 0.3) is 0 Å². The topological polar surface area (TPSA) is 51.0 Å². The predicted octanol–water partition coefficient (Wildman–Crippen LogP) is 4.58. The first-order valence-corrected chi connectivity index (χ1v) is 7.16. The van der Waals surface area contributed by atoms with Crippen molar-refractivity contribution in [1.82, 2.24) is 0 Å². The average Bonchev–Trinajstić information content (AvgIpc) is 2.49. The molecule has 0 spiro atoms. The van der Waals surface area contributed by atoms with Gasteiger partial charge in [-0.15, -0.1) is 0 Å². The van der Waals surface area contributed by atoms with Crippen LogP contribution in [0.4, 0.5) is 5.69 Å². The molecule has 0 saturated heterocycles. The Balaban J connectivity index is 2.34. The fraction of sp³-hybridized carbons (Fsp3) is 0.133. The van der Waals surface area contributed by atoms with Gasteiger partial charge in [0.25, 0.3) is 0 Å². The van der Waals surface area contributed by atoms with Gasteiger partial charge in [-0.05, 0) is 24.3 Å². The molecular weight excluding hydrogens is 358 g/mol. The van der Waals surface area contributed by atoms with Crippen LogP contribution in [0.5, 0.6) is 17.2 Å². The highest BCUT2D eigenvalue weighted by molar-refractivity contribution is 9.10. The number of rotatable bonds is 4. The third kappa shape index (κ3) is 3.68. The number of hydrogen-bond donors (Lipinski definition) is 1. The Labute approximate surface area is 136 Å². The number of phenolic OH excluding ortho intramolecular Hbond substituents is 1. The zero-order chi connectivity index (χ0) is 15.4. The van der Waals surface area contributed by atoms with Crippen molar-refractivity contribution in [3.8, 4) is 17.2 Å². The van der Waals surface area contributed by atoms with E-state index in [1.165, 1.54) is 6.21 Å². The summed E-state index contributed by atoms with van der Waals surface area (Å²) < 4.78 is 11.1. The van der Waals surface area contributed by atoms with Crippen molar-refractivity contribution in [2.24, 2.45) is 4.99 Å². The Morgan fingerprint density at radius 3 is 2.52 bits per heavy atom. The van der Waals surface area contributed by atoms with Gasteiger partial charge in [0.15, 0.2) is 11.5 Å². The molecule has 0 radical (unpaired) electrons. The van der Waals surface area contributed by atoms with Crippen LogP contribution >= 0.6 is 27.5 Å². The van der Waals surface area contributed by atoms with Crippen LogP contribution in [-0.2, 0) is 0 Å². The lowest BCUT2D eigenvalue weighted by molar-refractivity contribution is 0.355. The highest BCUT2D eigenvalue weighted by Crippen LogP contribution is 2.33. The van der Waals surface area contributed by atoms with Crippen LogP contribution in [0.1, 0.15) is 5.56 Å². The Kier molecular flexibility index (Phi) is 5.09. The summed E-state index contributed by atoms with van der Waals surface area (Å²) >= 11 is 9.23. The molecule has 2 aromatic carbocycles. The highest BCUT2D eigenvalue weighted by Gasteiger charge is 2.07. The molecule has 0 aliphatic heterocycles. The van der Waals surface area contributed by atoms with Gasteiger partial charge in [0.2, 0.25) is 0 Å². The van der Waals surface area contributed by atoms with Crippen molar-refractivity contribution in [2.45, 2.75) is 0 Å². The van der Waals surface area contributed by atoms with Crippen molar-refractivity contribution in [1.29, 1.82) is 0 Å². The van der Waals surface area contributed by atoms with Crippen molar-refractivity contribution in [3.05, 3.63) is 45.4 Å². The Bertz CT molecular complexity index is 689. The summed E-state index contributed by atoms with van der Waals surface area (Å²) in [4.78, 5) is 4.30. The first-order chi connectivity index (χ1) is 10.0. The Hall–Kier alpha value is -1.72. The fourth-order valence-corrected chi connectivity index (χ4v) is 2.57. The summed E-state index contributed by atoms with van der Waals surface area (Å²) in [5.41, 5.74) is 1.19. The van der Waals surface area contributed by atoms with E-state index >= 15 is 0 Å². The van der Waals surface area contributed by atoms with Crippen molar-refractivity contribution in [2.75, 3.05) is 14.2 Å². The highest BCUT2D eigenvalue weighted by atomic mass is 79.9. The molecule has 0 aromatic heterocycles. The second kappa shape index (κ2) is 6.83. The normalized spacial score (nSPS) is 10.9. The smallest absolute Gasteiger partial charge is 0.162 e. The van der Waals surface area contributed by atoms with E-state index < -0.39 is 0 Å². The lowest BCUT2D eigenvalue weighted by atomic mass is 10.2. The maximum Gasteiger partial charge on any atom is 0.162 e. The molecule has 0 fully saturated rings. The monoisotopic (exact) mass is 369 g/mol. The molecule has 2 aromatic rings. The molecule has 0 amide bonds. The molecule has 21 heavy (non-hydrogen) atoms. The van der Waals surface area contributed by atoms with Crippen LogP contribution in [-0.4, -0.2) is 25.5 Å². The van der Waals surface area contributed by atoms with Gasteiger partial charge in [-0.3, -0.25) is 4.99 Å². The summed E-state index contributed by atoms with van der Waals surface area (Å²) in [6, 6.07) is 8.63. The summed E-state index contributed by atoms with van der Waals surface area (Å²) in [5.74, 6) is 1.21. The summed E-state index contributed by atoms with van der Waals surface area (Å²) in [7, 11) is 3.13. The number of ether oxygens (including phenoxy) is 2.